The highest BCUT2D eigenvalue weighted by Gasteiger charge is 2.61. The summed E-state index contributed by atoms with van der Waals surface area (Å²) in [5.41, 5.74) is 3.62. The minimum absolute atomic E-state index is 0.209. The minimum Gasteiger partial charge on any atom is -0.322 e. The number of nitrogens with zero attached hydrogens (tertiary/aromatic N) is 3. The van der Waals surface area contributed by atoms with E-state index in [1.807, 2.05) is 90.7 Å². The van der Waals surface area contributed by atoms with Gasteiger partial charge in [0.2, 0.25) is 5.66 Å². The van der Waals surface area contributed by atoms with Crippen molar-refractivity contribution in [2.24, 2.45) is 5.10 Å². The fraction of sp³-hybridized carbons (Fsp3) is 0.0714. The molecule has 2 aliphatic heterocycles. The molecule has 0 aliphatic carbocycles. The Balaban J connectivity index is 1.68. The van der Waals surface area contributed by atoms with Crippen molar-refractivity contribution in [2.45, 2.75) is 12.6 Å². The van der Waals surface area contributed by atoms with Gasteiger partial charge in [-0.2, -0.15) is 5.10 Å². The maximum atomic E-state index is 14.0. The maximum Gasteiger partial charge on any atom is 0.278 e. The Kier molecular flexibility index (Phi) is 4.48. The average molecular weight is 449 g/mol. The molecule has 0 bridgehead atoms. The SMILES string of the molecule is Cc1ccc(N2C(c3ccc(F)cc3)=NN(c3ccccc3)C23C(=O)Nc2ccccc23)cc1. The van der Waals surface area contributed by atoms with E-state index < -0.39 is 5.66 Å². The number of aryl methyl sites for hydroxylation is 1. The lowest BCUT2D eigenvalue weighted by Gasteiger charge is -2.40. The van der Waals surface area contributed by atoms with Crippen LogP contribution in [0.2, 0.25) is 0 Å². The van der Waals surface area contributed by atoms with E-state index in [2.05, 4.69) is 5.32 Å². The fourth-order valence-electron chi connectivity index (χ4n) is 4.72. The van der Waals surface area contributed by atoms with Crippen LogP contribution in [0.1, 0.15) is 16.7 Å². The molecule has 1 unspecified atom stereocenters. The highest BCUT2D eigenvalue weighted by Crippen LogP contribution is 2.50. The summed E-state index contributed by atoms with van der Waals surface area (Å²) in [7, 11) is 0. The molecule has 4 aromatic rings. The van der Waals surface area contributed by atoms with Gasteiger partial charge in [-0.3, -0.25) is 9.69 Å². The fourth-order valence-corrected chi connectivity index (χ4v) is 4.72. The second-order valence-corrected chi connectivity index (χ2v) is 8.42. The molecule has 1 amide bonds. The number of carbonyl (C=O) groups excluding carboxylic acids is 1. The first-order chi connectivity index (χ1) is 16.6. The molecule has 0 radical (unpaired) electrons. The highest BCUT2D eigenvalue weighted by atomic mass is 19.1. The van der Waals surface area contributed by atoms with Gasteiger partial charge in [0.15, 0.2) is 5.84 Å². The molecule has 4 aromatic carbocycles. The van der Waals surface area contributed by atoms with Crippen LogP contribution in [-0.2, 0) is 10.5 Å². The van der Waals surface area contributed by atoms with Gasteiger partial charge in [-0.05, 0) is 61.5 Å². The van der Waals surface area contributed by atoms with E-state index in [1.165, 1.54) is 12.1 Å². The Morgan fingerprint density at radius 3 is 2.21 bits per heavy atom. The average Bonchev–Trinajstić information content (AvgIpc) is 3.37. The summed E-state index contributed by atoms with van der Waals surface area (Å²) in [5.74, 6) is 0.0152. The van der Waals surface area contributed by atoms with Gasteiger partial charge < -0.3 is 5.32 Å². The number of halogens is 1. The first kappa shape index (κ1) is 20.2. The Morgan fingerprint density at radius 1 is 0.794 bits per heavy atom. The van der Waals surface area contributed by atoms with Crippen LogP contribution in [0.25, 0.3) is 0 Å². The largest absolute Gasteiger partial charge is 0.322 e. The van der Waals surface area contributed by atoms with Gasteiger partial charge in [-0.1, -0.05) is 54.1 Å². The van der Waals surface area contributed by atoms with Crippen molar-refractivity contribution in [3.05, 3.63) is 126 Å². The first-order valence-corrected chi connectivity index (χ1v) is 11.1. The molecule has 5 nitrogen and oxygen atoms in total. The zero-order valence-corrected chi connectivity index (χ0v) is 18.4. The molecule has 34 heavy (non-hydrogen) atoms. The number of amides is 1. The Labute approximate surface area is 196 Å². The number of carbonyl (C=O) groups is 1. The number of anilines is 3. The van der Waals surface area contributed by atoms with Crippen molar-refractivity contribution in [3.63, 3.8) is 0 Å². The number of fused-ring (bicyclic) bond motifs is 2. The Morgan fingerprint density at radius 2 is 1.47 bits per heavy atom. The molecule has 2 aliphatic rings. The molecule has 1 atom stereocenters. The molecule has 2 heterocycles. The predicted octanol–water partition coefficient (Wildman–Crippen LogP) is 5.63. The summed E-state index contributed by atoms with van der Waals surface area (Å²) in [6.45, 7) is 2.02. The van der Waals surface area contributed by atoms with E-state index in [-0.39, 0.29) is 11.7 Å². The number of para-hydroxylation sites is 2. The van der Waals surface area contributed by atoms with E-state index in [9.17, 15) is 9.18 Å². The summed E-state index contributed by atoms with van der Waals surface area (Å²) in [4.78, 5) is 15.9. The second kappa shape index (κ2) is 7.56. The van der Waals surface area contributed by atoms with Crippen LogP contribution >= 0.6 is 0 Å². The van der Waals surface area contributed by atoms with Gasteiger partial charge in [-0.15, -0.1) is 0 Å². The van der Waals surface area contributed by atoms with Crippen molar-refractivity contribution in [1.82, 2.24) is 0 Å². The van der Waals surface area contributed by atoms with Crippen LogP contribution in [0.3, 0.4) is 0 Å². The zero-order valence-electron chi connectivity index (χ0n) is 18.4. The zero-order chi connectivity index (χ0) is 23.3. The number of benzene rings is 4. The molecular formula is C28H21FN4O. The van der Waals surface area contributed by atoms with Gasteiger partial charge in [0.1, 0.15) is 5.82 Å². The first-order valence-electron chi connectivity index (χ1n) is 11.1. The van der Waals surface area contributed by atoms with Crippen molar-refractivity contribution >= 4 is 28.8 Å². The van der Waals surface area contributed by atoms with Gasteiger partial charge in [-0.25, -0.2) is 9.40 Å². The van der Waals surface area contributed by atoms with E-state index in [0.717, 1.165) is 28.2 Å². The molecule has 0 fully saturated rings. The molecule has 6 heteroatoms. The van der Waals surface area contributed by atoms with Crippen LogP contribution in [-0.4, -0.2) is 11.7 Å². The predicted molar refractivity (Wildman–Crippen MR) is 132 cm³/mol. The third-order valence-corrected chi connectivity index (χ3v) is 6.30. The summed E-state index contributed by atoms with van der Waals surface area (Å²) in [6, 6.07) is 31.5. The van der Waals surface area contributed by atoms with Crippen LogP contribution in [0.4, 0.5) is 21.5 Å². The number of hydrogen-bond acceptors (Lipinski definition) is 4. The monoisotopic (exact) mass is 448 g/mol. The molecule has 1 spiro atoms. The van der Waals surface area contributed by atoms with Gasteiger partial charge in [0.05, 0.1) is 5.69 Å². The van der Waals surface area contributed by atoms with Gasteiger partial charge in [0, 0.05) is 22.5 Å². The van der Waals surface area contributed by atoms with Gasteiger partial charge >= 0.3 is 0 Å². The van der Waals surface area contributed by atoms with Crippen LogP contribution < -0.4 is 15.2 Å². The summed E-state index contributed by atoms with van der Waals surface area (Å²) >= 11 is 0. The topological polar surface area (TPSA) is 47.9 Å². The number of amidine groups is 1. The summed E-state index contributed by atoms with van der Waals surface area (Å²) < 4.78 is 13.8. The normalized spacial score (nSPS) is 18.8. The third-order valence-electron chi connectivity index (χ3n) is 6.30. The molecule has 0 saturated heterocycles. The molecular weight excluding hydrogens is 427 g/mol. The smallest absolute Gasteiger partial charge is 0.278 e. The van der Waals surface area contributed by atoms with E-state index in [0.29, 0.717) is 11.4 Å². The standard InChI is InChI=1S/C28H21FN4O/c1-19-11-17-22(18-12-19)32-26(20-13-15-21(29)16-14-20)31-33(23-7-3-2-4-8-23)28(32)24-9-5-6-10-25(24)30-27(28)34/h2-18H,1H3,(H,30,34). The van der Waals surface area contributed by atoms with Crippen LogP contribution in [0.5, 0.6) is 0 Å². The van der Waals surface area contributed by atoms with Crippen molar-refractivity contribution in [2.75, 3.05) is 15.2 Å². The van der Waals surface area contributed by atoms with E-state index in [1.54, 1.807) is 17.1 Å². The summed E-state index contributed by atoms with van der Waals surface area (Å²) in [6.07, 6.45) is 0. The van der Waals surface area contributed by atoms with Crippen molar-refractivity contribution in [1.29, 1.82) is 0 Å². The lowest BCUT2D eigenvalue weighted by molar-refractivity contribution is -0.120. The lowest BCUT2D eigenvalue weighted by atomic mass is 9.95. The molecule has 1 N–H and O–H groups in total. The van der Waals surface area contributed by atoms with Crippen molar-refractivity contribution < 1.29 is 9.18 Å². The maximum absolute atomic E-state index is 14.0. The lowest BCUT2D eigenvalue weighted by Crippen LogP contribution is -2.58. The molecule has 166 valence electrons. The van der Waals surface area contributed by atoms with Crippen molar-refractivity contribution in [3.8, 4) is 0 Å². The number of rotatable bonds is 3. The van der Waals surface area contributed by atoms with E-state index in [4.69, 9.17) is 5.10 Å². The number of hydrogen-bond donors (Lipinski definition) is 1. The highest BCUT2D eigenvalue weighted by molar-refractivity contribution is 6.22. The molecule has 0 aromatic heterocycles. The van der Waals surface area contributed by atoms with E-state index >= 15 is 0 Å². The molecule has 6 rings (SSSR count). The number of nitrogens with one attached hydrogen (secondary N) is 1. The third kappa shape index (κ3) is 2.85. The minimum atomic E-state index is -1.29. The second-order valence-electron chi connectivity index (χ2n) is 8.42. The van der Waals surface area contributed by atoms with Crippen LogP contribution in [0, 0.1) is 12.7 Å². The van der Waals surface area contributed by atoms with Gasteiger partial charge in [0.25, 0.3) is 5.91 Å². The molecule has 0 saturated carbocycles. The quantitative estimate of drug-likeness (QED) is 0.442. The Hall–Kier alpha value is -4.45. The summed E-state index contributed by atoms with van der Waals surface area (Å²) in [5, 5.41) is 9.85. The van der Waals surface area contributed by atoms with Crippen LogP contribution in [0.15, 0.2) is 108 Å². The number of hydrazone groups is 1. The Bertz CT molecular complexity index is 1420.